The van der Waals surface area contributed by atoms with E-state index in [1.807, 2.05) is 0 Å². The Morgan fingerprint density at radius 3 is 2.50 bits per heavy atom. The van der Waals surface area contributed by atoms with Crippen molar-refractivity contribution < 1.29 is 17.9 Å². The van der Waals surface area contributed by atoms with E-state index < -0.39 is 11.7 Å². The standard InChI is InChI=1S/C22H19F3N4O/c23-22(24,25)17-8-5-16(6-9-17)7-10-19-21(30-15-14-29-12-1-2-13-29)28-18-4-3-11-26-20(18)27-19/h3-6,8-9,11H,1-2,12-15H2. The average Bonchev–Trinajstić information content (AvgIpc) is 3.25. The van der Waals surface area contributed by atoms with E-state index in [1.54, 1.807) is 18.3 Å². The number of fused-ring (bicyclic) bond motifs is 1. The number of hydrogen-bond acceptors (Lipinski definition) is 5. The first-order chi connectivity index (χ1) is 14.5. The second-order valence-electron chi connectivity index (χ2n) is 6.95. The minimum Gasteiger partial charge on any atom is -0.474 e. The number of rotatable bonds is 4. The topological polar surface area (TPSA) is 51.1 Å². The maximum absolute atomic E-state index is 12.7. The lowest BCUT2D eigenvalue weighted by atomic mass is 10.1. The van der Waals surface area contributed by atoms with Crippen LogP contribution in [-0.2, 0) is 6.18 Å². The Labute approximate surface area is 171 Å². The van der Waals surface area contributed by atoms with E-state index in [0.717, 1.165) is 31.8 Å². The van der Waals surface area contributed by atoms with Crippen molar-refractivity contribution in [1.82, 2.24) is 19.9 Å². The van der Waals surface area contributed by atoms with E-state index in [1.165, 1.54) is 25.0 Å². The number of halogens is 3. The van der Waals surface area contributed by atoms with E-state index in [-0.39, 0.29) is 0 Å². The SMILES string of the molecule is FC(F)(F)c1ccc(C#Cc2nc3ncccc3nc2OCCN2CCCC2)cc1. The zero-order valence-corrected chi connectivity index (χ0v) is 16.1. The van der Waals surface area contributed by atoms with Gasteiger partial charge in [0.1, 0.15) is 12.1 Å². The van der Waals surface area contributed by atoms with E-state index in [9.17, 15) is 13.2 Å². The molecular formula is C22H19F3N4O. The summed E-state index contributed by atoms with van der Waals surface area (Å²) in [4.78, 5) is 15.4. The van der Waals surface area contributed by atoms with Gasteiger partial charge >= 0.3 is 6.18 Å². The van der Waals surface area contributed by atoms with E-state index >= 15 is 0 Å². The summed E-state index contributed by atoms with van der Waals surface area (Å²) in [5.41, 5.74) is 1.06. The van der Waals surface area contributed by atoms with Crippen molar-refractivity contribution in [3.8, 4) is 17.7 Å². The largest absolute Gasteiger partial charge is 0.474 e. The molecule has 0 N–H and O–H groups in total. The highest BCUT2D eigenvalue weighted by atomic mass is 19.4. The number of aromatic nitrogens is 3. The predicted molar refractivity (Wildman–Crippen MR) is 106 cm³/mol. The molecule has 30 heavy (non-hydrogen) atoms. The third-order valence-corrected chi connectivity index (χ3v) is 4.79. The maximum Gasteiger partial charge on any atom is 0.416 e. The van der Waals surface area contributed by atoms with Crippen LogP contribution >= 0.6 is 0 Å². The number of pyridine rings is 1. The Hall–Kier alpha value is -3.18. The number of ether oxygens (including phenoxy) is 1. The van der Waals surface area contributed by atoms with Crippen LogP contribution in [0.2, 0.25) is 0 Å². The normalized spacial score (nSPS) is 14.5. The lowest BCUT2D eigenvalue weighted by molar-refractivity contribution is -0.137. The van der Waals surface area contributed by atoms with Crippen LogP contribution in [0.5, 0.6) is 5.88 Å². The first-order valence-corrected chi connectivity index (χ1v) is 9.66. The monoisotopic (exact) mass is 412 g/mol. The first kappa shape index (κ1) is 20.1. The number of nitrogens with zero attached hydrogens (tertiary/aromatic N) is 4. The van der Waals surface area contributed by atoms with Crippen LogP contribution in [0.25, 0.3) is 11.2 Å². The van der Waals surface area contributed by atoms with Gasteiger partial charge in [-0.25, -0.2) is 15.0 Å². The van der Waals surface area contributed by atoms with Gasteiger partial charge in [0.05, 0.1) is 5.56 Å². The summed E-state index contributed by atoms with van der Waals surface area (Å²) in [7, 11) is 0. The van der Waals surface area contributed by atoms with E-state index in [0.29, 0.717) is 34.9 Å². The molecule has 8 heteroatoms. The third kappa shape index (κ3) is 4.86. The van der Waals surface area contributed by atoms with Crippen LogP contribution < -0.4 is 4.74 Å². The first-order valence-electron chi connectivity index (χ1n) is 9.66. The lowest BCUT2D eigenvalue weighted by Crippen LogP contribution is -2.25. The number of benzene rings is 1. The minimum atomic E-state index is -4.38. The summed E-state index contributed by atoms with van der Waals surface area (Å²) in [5.74, 6) is 6.01. The Bertz CT molecular complexity index is 1080. The van der Waals surface area contributed by atoms with Gasteiger partial charge < -0.3 is 4.74 Å². The molecule has 3 aromatic rings. The molecule has 0 bridgehead atoms. The molecule has 1 aliphatic heterocycles. The van der Waals surface area contributed by atoms with Gasteiger partial charge in [0.25, 0.3) is 0 Å². The molecule has 2 aromatic heterocycles. The molecule has 0 saturated carbocycles. The van der Waals surface area contributed by atoms with Crippen molar-refractivity contribution in [2.24, 2.45) is 0 Å². The summed E-state index contributed by atoms with van der Waals surface area (Å²) in [6.07, 6.45) is -0.369. The van der Waals surface area contributed by atoms with Crippen LogP contribution in [-0.4, -0.2) is 46.1 Å². The quantitative estimate of drug-likeness (QED) is 0.608. The number of likely N-dealkylation sites (tertiary alicyclic amines) is 1. The molecule has 0 radical (unpaired) electrons. The molecule has 1 fully saturated rings. The van der Waals surface area contributed by atoms with Crippen molar-refractivity contribution in [2.75, 3.05) is 26.2 Å². The van der Waals surface area contributed by atoms with Crippen LogP contribution in [0.3, 0.4) is 0 Å². The van der Waals surface area contributed by atoms with Gasteiger partial charge in [-0.1, -0.05) is 5.92 Å². The summed E-state index contributed by atoms with van der Waals surface area (Å²) in [6.45, 7) is 3.38. The van der Waals surface area contributed by atoms with Gasteiger partial charge in [0.15, 0.2) is 11.3 Å². The fourth-order valence-corrected chi connectivity index (χ4v) is 3.21. The van der Waals surface area contributed by atoms with Crippen molar-refractivity contribution >= 4 is 11.2 Å². The Morgan fingerprint density at radius 2 is 1.77 bits per heavy atom. The van der Waals surface area contributed by atoms with Gasteiger partial charge in [-0.05, 0) is 68.2 Å². The lowest BCUT2D eigenvalue weighted by Gasteiger charge is -2.15. The van der Waals surface area contributed by atoms with Crippen LogP contribution in [0.15, 0.2) is 42.6 Å². The summed E-state index contributed by atoms with van der Waals surface area (Å²) in [5, 5.41) is 0. The highest BCUT2D eigenvalue weighted by molar-refractivity contribution is 5.71. The molecule has 4 rings (SSSR count). The fourth-order valence-electron chi connectivity index (χ4n) is 3.21. The van der Waals surface area contributed by atoms with Crippen molar-refractivity contribution in [2.45, 2.75) is 19.0 Å². The Balaban J connectivity index is 1.57. The Kier molecular flexibility index (Phi) is 5.81. The van der Waals surface area contributed by atoms with Gasteiger partial charge in [-0.2, -0.15) is 13.2 Å². The molecule has 154 valence electrons. The third-order valence-electron chi connectivity index (χ3n) is 4.79. The molecule has 1 aliphatic rings. The minimum absolute atomic E-state index is 0.300. The molecule has 0 atom stereocenters. The smallest absolute Gasteiger partial charge is 0.416 e. The zero-order chi connectivity index (χ0) is 21.0. The number of alkyl halides is 3. The molecule has 0 spiro atoms. The van der Waals surface area contributed by atoms with E-state index in [2.05, 4.69) is 31.7 Å². The summed E-state index contributed by atoms with van der Waals surface area (Å²) < 4.78 is 44.0. The van der Waals surface area contributed by atoms with Crippen molar-refractivity contribution in [3.63, 3.8) is 0 Å². The maximum atomic E-state index is 12.7. The van der Waals surface area contributed by atoms with Crippen molar-refractivity contribution in [1.29, 1.82) is 0 Å². The number of hydrogen-bond donors (Lipinski definition) is 0. The Morgan fingerprint density at radius 1 is 1.00 bits per heavy atom. The summed E-state index contributed by atoms with van der Waals surface area (Å²) >= 11 is 0. The van der Waals surface area contributed by atoms with Crippen LogP contribution in [0, 0.1) is 11.8 Å². The molecule has 0 unspecified atom stereocenters. The molecule has 3 heterocycles. The zero-order valence-electron chi connectivity index (χ0n) is 16.1. The fraction of sp³-hybridized carbons (Fsp3) is 0.318. The molecule has 1 aromatic carbocycles. The second-order valence-corrected chi connectivity index (χ2v) is 6.95. The van der Waals surface area contributed by atoms with Crippen molar-refractivity contribution in [3.05, 3.63) is 59.4 Å². The summed E-state index contributed by atoms with van der Waals surface area (Å²) in [6, 6.07) is 8.22. The highest BCUT2D eigenvalue weighted by Crippen LogP contribution is 2.29. The predicted octanol–water partition coefficient (Wildman–Crippen LogP) is 3.92. The van der Waals surface area contributed by atoms with Gasteiger partial charge in [0.2, 0.25) is 5.88 Å². The molecule has 1 saturated heterocycles. The molecule has 0 aliphatic carbocycles. The highest BCUT2D eigenvalue weighted by Gasteiger charge is 2.29. The van der Waals surface area contributed by atoms with Gasteiger partial charge in [-0.15, -0.1) is 0 Å². The van der Waals surface area contributed by atoms with Gasteiger partial charge in [0, 0.05) is 18.3 Å². The molecule has 0 amide bonds. The molecule has 5 nitrogen and oxygen atoms in total. The van der Waals surface area contributed by atoms with Crippen LogP contribution in [0.1, 0.15) is 29.7 Å². The van der Waals surface area contributed by atoms with E-state index in [4.69, 9.17) is 4.74 Å². The van der Waals surface area contributed by atoms with Gasteiger partial charge in [-0.3, -0.25) is 4.90 Å². The van der Waals surface area contributed by atoms with Crippen LogP contribution in [0.4, 0.5) is 13.2 Å². The molecular weight excluding hydrogens is 393 g/mol. The second kappa shape index (κ2) is 8.67. The average molecular weight is 412 g/mol.